The molecule has 3 aliphatic heterocycles. The van der Waals surface area contributed by atoms with Gasteiger partial charge in [0.05, 0.1) is 16.1 Å². The van der Waals surface area contributed by atoms with Crippen molar-refractivity contribution in [2.75, 3.05) is 50.0 Å². The molecular formula is C44H51ClF2N10O6S. The van der Waals surface area contributed by atoms with Crippen LogP contribution in [0.2, 0.25) is 5.02 Å². The predicted molar refractivity (Wildman–Crippen MR) is 239 cm³/mol. The van der Waals surface area contributed by atoms with E-state index in [2.05, 4.69) is 20.5 Å². The highest BCUT2D eigenvalue weighted by Crippen LogP contribution is 2.35. The fourth-order valence-electron chi connectivity index (χ4n) is 10.2. The molecule has 3 atom stereocenters. The van der Waals surface area contributed by atoms with Gasteiger partial charge in [-0.05, 0) is 94.0 Å². The molecule has 20 heteroatoms. The monoisotopic (exact) mass is 920 g/mol. The molecule has 1 unspecified atom stereocenters. The summed E-state index contributed by atoms with van der Waals surface area (Å²) < 4.78 is 65.4. The van der Waals surface area contributed by atoms with Crippen LogP contribution in [0.1, 0.15) is 75.4 Å². The number of nitrogens with one attached hydrogen (secondary N) is 2. The second kappa shape index (κ2) is 17.3. The molecule has 1 aliphatic carbocycles. The van der Waals surface area contributed by atoms with Gasteiger partial charge in [0.15, 0.2) is 5.82 Å². The normalized spacial score (nSPS) is 22.1. The Morgan fingerprint density at radius 2 is 1.70 bits per heavy atom. The van der Waals surface area contributed by atoms with E-state index in [0.717, 1.165) is 30.3 Å². The number of nitrogens with zero attached hydrogens (tertiary/aromatic N) is 8. The lowest BCUT2D eigenvalue weighted by Crippen LogP contribution is -2.53. The van der Waals surface area contributed by atoms with Crippen molar-refractivity contribution in [3.05, 3.63) is 79.8 Å². The molecule has 1 saturated carbocycles. The first-order valence-electron chi connectivity index (χ1n) is 21.9. The molecule has 0 bridgehead atoms. The first-order valence-corrected chi connectivity index (χ1v) is 23.7. The summed E-state index contributed by atoms with van der Waals surface area (Å²) in [6.45, 7) is 3.41. The first kappa shape index (κ1) is 44.0. The Kier molecular flexibility index (Phi) is 11.9. The van der Waals surface area contributed by atoms with Crippen LogP contribution in [0.3, 0.4) is 0 Å². The van der Waals surface area contributed by atoms with Gasteiger partial charge >= 0.3 is 5.69 Å². The maximum absolute atomic E-state index is 16.2. The molecule has 5 aromatic rings. The molecule has 3 saturated heterocycles. The lowest BCUT2D eigenvalue weighted by atomic mass is 9.91. The number of anilines is 3. The molecule has 2 amide bonds. The van der Waals surface area contributed by atoms with E-state index in [4.69, 9.17) is 16.6 Å². The minimum atomic E-state index is -3.83. The molecule has 340 valence electrons. The zero-order valence-corrected chi connectivity index (χ0v) is 37.5. The number of carbonyl (C=O) groups is 2. The van der Waals surface area contributed by atoms with Crippen LogP contribution in [-0.2, 0) is 26.7 Å². The average molecular weight is 921 g/mol. The number of sulfonamides is 1. The van der Waals surface area contributed by atoms with Crippen LogP contribution in [0.4, 0.5) is 26.1 Å². The van der Waals surface area contributed by atoms with Gasteiger partial charge in [0.25, 0.3) is 5.56 Å². The number of rotatable bonds is 10. The summed E-state index contributed by atoms with van der Waals surface area (Å²) >= 11 is 6.29. The Hall–Kier alpha value is -5.24. The average Bonchev–Trinajstić information content (AvgIpc) is 3.89. The van der Waals surface area contributed by atoms with Gasteiger partial charge in [-0.25, -0.2) is 27.0 Å². The number of alkyl halides is 1. The fourth-order valence-corrected chi connectivity index (χ4v) is 12.0. The number of piperidine rings is 3. The third-order valence-corrected chi connectivity index (χ3v) is 15.9. The number of imide groups is 1. The Bertz CT molecular complexity index is 2910. The zero-order chi connectivity index (χ0) is 45.2. The topological polar surface area (TPSA) is 177 Å². The molecule has 0 spiro atoms. The Morgan fingerprint density at radius 1 is 0.953 bits per heavy atom. The minimum absolute atomic E-state index is 0.00857. The molecule has 6 heterocycles. The SMILES string of the molecule is Cc1cc(S(=O)(=O)N2CCC(N3CC[C@H](CN(C)c4ccc5c(c4F)n(C)c(=O)n5C4CCC(=O)NC4=O)[C@@H](F)C3)CC2)ccc1Nc1ncc2cc(Cl)c(=O)n(C3CCCC3)c2n1. The van der Waals surface area contributed by atoms with Crippen molar-refractivity contribution >= 4 is 72.8 Å². The third-order valence-electron chi connectivity index (χ3n) is 13.8. The van der Waals surface area contributed by atoms with Gasteiger partial charge in [0.1, 0.15) is 28.4 Å². The number of halogens is 3. The standard InChI is InChI=1S/C44H51ClF2N10O6S/c1-25-20-30(8-9-33(25)49-43-48-22-27-21-31(45)42(60)56(40(27)51-43)29-6-4-5-7-29)64(62,63)55-18-15-28(16-19-55)54-17-14-26(32(46)24-54)23-52(2)34-10-11-35-39(38(34)47)53(3)44(61)57(35)36-12-13-37(58)50-41(36)59/h8-11,20-22,26,28-29,32,36H,4-7,12-19,23-24H2,1-3H3,(H,48,49,51)(H,50,58,59)/t26-,32+,36?/m1/s1. The fraction of sp³-hybridized carbons (Fsp3) is 0.500. The molecule has 64 heavy (non-hydrogen) atoms. The number of hydrogen-bond acceptors (Lipinski definition) is 11. The Balaban J connectivity index is 0.807. The summed E-state index contributed by atoms with van der Waals surface area (Å²) in [6, 6.07) is 8.65. The second-order valence-corrected chi connectivity index (χ2v) is 20.0. The van der Waals surface area contributed by atoms with Crippen molar-refractivity contribution in [2.24, 2.45) is 13.0 Å². The highest BCUT2D eigenvalue weighted by Gasteiger charge is 2.38. The third kappa shape index (κ3) is 7.97. The number of amides is 2. The number of likely N-dealkylation sites (tertiary alicyclic amines) is 1. The summed E-state index contributed by atoms with van der Waals surface area (Å²) in [4.78, 5) is 63.7. The number of hydrogen-bond donors (Lipinski definition) is 2. The van der Waals surface area contributed by atoms with Crippen LogP contribution in [0.25, 0.3) is 22.1 Å². The van der Waals surface area contributed by atoms with Crippen molar-refractivity contribution in [1.29, 1.82) is 0 Å². The van der Waals surface area contributed by atoms with Crippen LogP contribution < -0.4 is 26.8 Å². The smallest absolute Gasteiger partial charge is 0.329 e. The zero-order valence-electron chi connectivity index (χ0n) is 35.9. The summed E-state index contributed by atoms with van der Waals surface area (Å²) in [5.74, 6) is -1.80. The number of aromatic nitrogens is 5. The summed E-state index contributed by atoms with van der Waals surface area (Å²) in [5.41, 5.74) is 1.40. The molecule has 3 aromatic heterocycles. The van der Waals surface area contributed by atoms with E-state index in [1.807, 2.05) is 0 Å². The summed E-state index contributed by atoms with van der Waals surface area (Å²) in [7, 11) is -0.707. The van der Waals surface area contributed by atoms with E-state index in [1.54, 1.807) is 60.0 Å². The van der Waals surface area contributed by atoms with Crippen molar-refractivity contribution < 1.29 is 26.8 Å². The van der Waals surface area contributed by atoms with Gasteiger partial charge in [0.2, 0.25) is 27.8 Å². The maximum atomic E-state index is 16.2. The highest BCUT2D eigenvalue weighted by molar-refractivity contribution is 7.89. The minimum Gasteiger partial charge on any atom is -0.372 e. The van der Waals surface area contributed by atoms with Gasteiger partial charge in [-0.1, -0.05) is 24.4 Å². The van der Waals surface area contributed by atoms with Crippen LogP contribution in [-0.4, -0.2) is 105 Å². The molecule has 16 nitrogen and oxygen atoms in total. The number of carbonyl (C=O) groups excluding carboxylic acids is 2. The number of benzene rings is 2. The van der Waals surface area contributed by atoms with Crippen molar-refractivity contribution in [3.8, 4) is 0 Å². The van der Waals surface area contributed by atoms with E-state index in [-0.39, 0.29) is 82.1 Å². The van der Waals surface area contributed by atoms with Gasteiger partial charge in [-0.3, -0.25) is 38.3 Å². The first-order chi connectivity index (χ1) is 30.6. The molecule has 2 aromatic carbocycles. The highest BCUT2D eigenvalue weighted by atomic mass is 35.5. The van der Waals surface area contributed by atoms with E-state index >= 15 is 8.78 Å². The molecular weight excluding hydrogens is 870 g/mol. The lowest BCUT2D eigenvalue weighted by molar-refractivity contribution is -0.135. The Morgan fingerprint density at radius 3 is 2.41 bits per heavy atom. The van der Waals surface area contributed by atoms with Gasteiger partial charge in [0, 0.05) is 82.0 Å². The second-order valence-electron chi connectivity index (χ2n) is 17.7. The lowest BCUT2D eigenvalue weighted by Gasteiger charge is -2.43. The Labute approximate surface area is 373 Å². The summed E-state index contributed by atoms with van der Waals surface area (Å²) in [5, 5.41) is 6.24. The van der Waals surface area contributed by atoms with Crippen LogP contribution in [0, 0.1) is 18.7 Å². The number of aryl methyl sites for hydroxylation is 2. The quantitative estimate of drug-likeness (QED) is 0.173. The van der Waals surface area contributed by atoms with Gasteiger partial charge in [-0.15, -0.1) is 0 Å². The molecule has 4 fully saturated rings. The van der Waals surface area contributed by atoms with E-state index in [9.17, 15) is 27.6 Å². The molecule has 2 N–H and O–H groups in total. The van der Waals surface area contributed by atoms with E-state index < -0.39 is 45.6 Å². The largest absolute Gasteiger partial charge is 0.372 e. The van der Waals surface area contributed by atoms with Crippen LogP contribution >= 0.6 is 11.6 Å². The van der Waals surface area contributed by atoms with Gasteiger partial charge in [-0.2, -0.15) is 9.29 Å². The van der Waals surface area contributed by atoms with Crippen LogP contribution in [0.15, 0.2) is 57.1 Å². The van der Waals surface area contributed by atoms with E-state index in [0.29, 0.717) is 61.2 Å². The summed E-state index contributed by atoms with van der Waals surface area (Å²) in [6.07, 6.45) is 6.04. The number of pyridine rings is 1. The molecule has 4 aliphatic rings. The van der Waals surface area contributed by atoms with Crippen LogP contribution in [0.5, 0.6) is 0 Å². The van der Waals surface area contributed by atoms with Crippen molar-refractivity contribution in [3.63, 3.8) is 0 Å². The maximum Gasteiger partial charge on any atom is 0.329 e. The molecule has 0 radical (unpaired) electrons. The van der Waals surface area contributed by atoms with E-state index in [1.165, 1.54) is 22.0 Å². The van der Waals surface area contributed by atoms with Crippen molar-refractivity contribution in [1.82, 2.24) is 38.2 Å². The van der Waals surface area contributed by atoms with Gasteiger partial charge < -0.3 is 10.2 Å². The molecule has 9 rings (SSSR count). The van der Waals surface area contributed by atoms with Crippen molar-refractivity contribution in [2.45, 2.75) is 93.9 Å². The number of fused-ring (bicyclic) bond motifs is 2. The predicted octanol–water partition coefficient (Wildman–Crippen LogP) is 5.33. The number of imidazole rings is 1.